The molecule has 0 aliphatic heterocycles. The molecule has 0 aliphatic carbocycles. The average molecular weight is 362 g/mol. The summed E-state index contributed by atoms with van der Waals surface area (Å²) < 4.78 is 12.7. The Balaban J connectivity index is 1.55. The predicted molar refractivity (Wildman–Crippen MR) is 102 cm³/mol. The third kappa shape index (κ3) is 3.15. The molecular weight excluding hydrogens is 344 g/mol. The van der Waals surface area contributed by atoms with Crippen molar-refractivity contribution in [2.24, 2.45) is 0 Å². The average Bonchev–Trinajstić information content (AvgIpc) is 3.25. The number of ether oxygens (including phenoxy) is 1. The zero-order valence-corrected chi connectivity index (χ0v) is 15.2. The lowest BCUT2D eigenvalue weighted by Gasteiger charge is -2.06. The van der Waals surface area contributed by atoms with Crippen LogP contribution in [0.1, 0.15) is 21.9 Å². The molecule has 3 heterocycles. The minimum atomic E-state index is -0.353. The molecule has 27 heavy (non-hydrogen) atoms. The van der Waals surface area contributed by atoms with E-state index in [0.717, 1.165) is 16.8 Å². The van der Waals surface area contributed by atoms with Crippen molar-refractivity contribution in [3.8, 4) is 11.6 Å². The van der Waals surface area contributed by atoms with Crippen LogP contribution < -0.4 is 10.1 Å². The minimum Gasteiger partial charge on any atom is -0.493 e. The Morgan fingerprint density at radius 1 is 1.19 bits per heavy atom. The molecule has 1 amide bonds. The largest absolute Gasteiger partial charge is 0.493 e. The molecule has 4 rings (SSSR count). The molecule has 7 nitrogen and oxygen atoms in total. The van der Waals surface area contributed by atoms with Crippen molar-refractivity contribution in [1.82, 2.24) is 14.8 Å². The summed E-state index contributed by atoms with van der Waals surface area (Å²) in [5, 5.41) is 7.99. The summed E-state index contributed by atoms with van der Waals surface area (Å²) in [6.45, 7) is 3.90. The Labute approximate surface area is 155 Å². The number of carbonyl (C=O) groups is 1. The summed E-state index contributed by atoms with van der Waals surface area (Å²) in [6.07, 6.45) is 1.59. The fourth-order valence-corrected chi connectivity index (χ4v) is 2.95. The zero-order valence-electron chi connectivity index (χ0n) is 15.2. The highest BCUT2D eigenvalue weighted by molar-refractivity contribution is 6.05. The lowest BCUT2D eigenvalue weighted by atomic mass is 10.2. The fraction of sp³-hybridized carbons (Fsp3) is 0.150. The molecule has 0 radical (unpaired) electrons. The number of furan rings is 1. The third-order valence-corrected chi connectivity index (χ3v) is 4.18. The molecule has 0 spiro atoms. The summed E-state index contributed by atoms with van der Waals surface area (Å²) in [5.41, 5.74) is 3.03. The second-order valence-corrected chi connectivity index (χ2v) is 6.19. The van der Waals surface area contributed by atoms with E-state index in [0.29, 0.717) is 22.8 Å². The first-order valence-electron chi connectivity index (χ1n) is 8.43. The van der Waals surface area contributed by atoms with Gasteiger partial charge in [-0.2, -0.15) is 5.10 Å². The standard InChI is InChI=1S/C20H18N4O3/c1-12-9-13(2)24(23-12)18-8-7-15(11-21-18)22-20(25)17-10-14-5-4-6-16(26-3)19(14)27-17/h4-11H,1-3H3,(H,22,25). The van der Waals surface area contributed by atoms with Crippen molar-refractivity contribution in [2.75, 3.05) is 12.4 Å². The number of methoxy groups -OCH3 is 1. The van der Waals surface area contributed by atoms with Gasteiger partial charge >= 0.3 is 0 Å². The lowest BCUT2D eigenvalue weighted by molar-refractivity contribution is 0.0998. The highest BCUT2D eigenvalue weighted by Gasteiger charge is 2.15. The predicted octanol–water partition coefficient (Wildman–Crippen LogP) is 3.89. The third-order valence-electron chi connectivity index (χ3n) is 4.18. The second-order valence-electron chi connectivity index (χ2n) is 6.19. The van der Waals surface area contributed by atoms with E-state index in [4.69, 9.17) is 9.15 Å². The lowest BCUT2D eigenvalue weighted by Crippen LogP contribution is -2.11. The van der Waals surface area contributed by atoms with E-state index in [9.17, 15) is 4.79 Å². The summed E-state index contributed by atoms with van der Waals surface area (Å²) >= 11 is 0. The van der Waals surface area contributed by atoms with Gasteiger partial charge in [0.15, 0.2) is 22.9 Å². The molecular formula is C20H18N4O3. The van der Waals surface area contributed by atoms with Gasteiger partial charge in [-0.3, -0.25) is 4.79 Å². The number of nitrogens with one attached hydrogen (secondary N) is 1. The second kappa shape index (κ2) is 6.60. The maximum atomic E-state index is 12.5. The summed E-state index contributed by atoms with van der Waals surface area (Å²) in [4.78, 5) is 16.9. The number of fused-ring (bicyclic) bond motifs is 1. The van der Waals surface area contributed by atoms with Crippen molar-refractivity contribution in [3.05, 3.63) is 65.8 Å². The van der Waals surface area contributed by atoms with E-state index >= 15 is 0 Å². The van der Waals surface area contributed by atoms with Crippen LogP contribution in [0.15, 0.2) is 53.1 Å². The van der Waals surface area contributed by atoms with Crippen LogP contribution in [0.2, 0.25) is 0 Å². The Bertz CT molecular complexity index is 1130. The van der Waals surface area contributed by atoms with E-state index in [-0.39, 0.29) is 11.7 Å². The zero-order chi connectivity index (χ0) is 19.0. The number of aryl methyl sites for hydroxylation is 2. The molecule has 0 bridgehead atoms. The van der Waals surface area contributed by atoms with Crippen LogP contribution in [0.25, 0.3) is 16.8 Å². The molecule has 1 aromatic carbocycles. The maximum Gasteiger partial charge on any atom is 0.291 e. The highest BCUT2D eigenvalue weighted by Crippen LogP contribution is 2.28. The van der Waals surface area contributed by atoms with Crippen LogP contribution in [0, 0.1) is 13.8 Å². The van der Waals surface area contributed by atoms with Gasteiger partial charge in [0.25, 0.3) is 5.91 Å². The monoisotopic (exact) mass is 362 g/mol. The van der Waals surface area contributed by atoms with E-state index in [1.807, 2.05) is 32.0 Å². The van der Waals surface area contributed by atoms with Crippen molar-refractivity contribution < 1.29 is 13.9 Å². The fourth-order valence-electron chi connectivity index (χ4n) is 2.95. The highest BCUT2D eigenvalue weighted by atomic mass is 16.5. The van der Waals surface area contributed by atoms with Crippen molar-refractivity contribution in [1.29, 1.82) is 0 Å². The van der Waals surface area contributed by atoms with Crippen molar-refractivity contribution in [2.45, 2.75) is 13.8 Å². The maximum absolute atomic E-state index is 12.5. The van der Waals surface area contributed by atoms with Gasteiger partial charge in [-0.15, -0.1) is 0 Å². The number of amides is 1. The van der Waals surface area contributed by atoms with Gasteiger partial charge in [0.1, 0.15) is 0 Å². The number of anilines is 1. The first-order chi connectivity index (χ1) is 13.0. The molecule has 0 fully saturated rings. The minimum absolute atomic E-state index is 0.206. The van der Waals surface area contributed by atoms with Crippen molar-refractivity contribution in [3.63, 3.8) is 0 Å². The molecule has 136 valence electrons. The molecule has 7 heteroatoms. The number of nitrogens with zero attached hydrogens (tertiary/aromatic N) is 3. The molecule has 4 aromatic rings. The van der Waals surface area contributed by atoms with Crippen molar-refractivity contribution >= 4 is 22.6 Å². The topological polar surface area (TPSA) is 82.2 Å². The van der Waals surface area contributed by atoms with Gasteiger partial charge < -0.3 is 14.5 Å². The van der Waals surface area contributed by atoms with E-state index in [1.54, 1.807) is 42.3 Å². The van der Waals surface area contributed by atoms with E-state index < -0.39 is 0 Å². The summed E-state index contributed by atoms with van der Waals surface area (Å²) in [6, 6.07) is 12.7. The molecule has 0 saturated carbocycles. The van der Waals surface area contributed by atoms with Gasteiger partial charge in [0.2, 0.25) is 0 Å². The number of carbonyl (C=O) groups excluding carboxylic acids is 1. The molecule has 0 atom stereocenters. The molecule has 1 N–H and O–H groups in total. The van der Waals surface area contributed by atoms with Crippen LogP contribution in [0.4, 0.5) is 5.69 Å². The van der Waals surface area contributed by atoms with Gasteiger partial charge in [0, 0.05) is 11.1 Å². The van der Waals surface area contributed by atoms with Crippen LogP contribution in [0.5, 0.6) is 5.75 Å². The van der Waals surface area contributed by atoms with Gasteiger partial charge in [0.05, 0.1) is 24.7 Å². The number of pyridine rings is 1. The molecule has 3 aromatic heterocycles. The van der Waals surface area contributed by atoms with Crippen LogP contribution in [-0.4, -0.2) is 27.8 Å². The molecule has 0 aliphatic rings. The number of hydrogen-bond acceptors (Lipinski definition) is 5. The van der Waals surface area contributed by atoms with Crippen LogP contribution >= 0.6 is 0 Å². The molecule has 0 unspecified atom stereocenters. The molecule has 0 saturated heterocycles. The SMILES string of the molecule is COc1cccc2cc(C(=O)Nc3ccc(-n4nc(C)cc4C)nc3)oc12. The number of benzene rings is 1. The first kappa shape index (κ1) is 16.8. The summed E-state index contributed by atoms with van der Waals surface area (Å²) in [7, 11) is 1.56. The Hall–Kier alpha value is -3.61. The Morgan fingerprint density at radius 3 is 2.70 bits per heavy atom. The Kier molecular flexibility index (Phi) is 4.12. The quantitative estimate of drug-likeness (QED) is 0.595. The number of rotatable bonds is 4. The number of hydrogen-bond donors (Lipinski definition) is 1. The number of para-hydroxylation sites is 1. The van der Waals surface area contributed by atoms with Gasteiger partial charge in [-0.25, -0.2) is 9.67 Å². The smallest absolute Gasteiger partial charge is 0.291 e. The first-order valence-corrected chi connectivity index (χ1v) is 8.43. The van der Waals surface area contributed by atoms with Crippen LogP contribution in [0.3, 0.4) is 0 Å². The summed E-state index contributed by atoms with van der Waals surface area (Å²) in [5.74, 6) is 1.13. The Morgan fingerprint density at radius 2 is 2.04 bits per heavy atom. The number of aromatic nitrogens is 3. The van der Waals surface area contributed by atoms with E-state index in [2.05, 4.69) is 15.4 Å². The van der Waals surface area contributed by atoms with Gasteiger partial charge in [-0.05, 0) is 44.2 Å². The normalized spacial score (nSPS) is 10.9. The van der Waals surface area contributed by atoms with Crippen LogP contribution in [-0.2, 0) is 0 Å². The van der Waals surface area contributed by atoms with E-state index in [1.165, 1.54) is 0 Å². The van der Waals surface area contributed by atoms with Gasteiger partial charge in [-0.1, -0.05) is 12.1 Å².